The highest BCUT2D eigenvalue weighted by atomic mass is 127. The molecule has 7 nitrogen and oxygen atoms in total. The maximum Gasteiger partial charge on any atom is 0.225 e. The Kier molecular flexibility index (Phi) is 9.52. The van der Waals surface area contributed by atoms with E-state index in [0.717, 1.165) is 56.1 Å². The minimum Gasteiger partial charge on any atom is -0.356 e. The smallest absolute Gasteiger partial charge is 0.225 e. The van der Waals surface area contributed by atoms with E-state index in [4.69, 9.17) is 0 Å². The van der Waals surface area contributed by atoms with Crippen molar-refractivity contribution < 1.29 is 9.18 Å². The van der Waals surface area contributed by atoms with Gasteiger partial charge in [-0.25, -0.2) is 9.07 Å². The minimum absolute atomic E-state index is 0. The molecule has 1 amide bonds. The van der Waals surface area contributed by atoms with E-state index in [-0.39, 0.29) is 41.8 Å². The third kappa shape index (κ3) is 6.91. The summed E-state index contributed by atoms with van der Waals surface area (Å²) < 4.78 is 14.8. The van der Waals surface area contributed by atoms with Crippen LogP contribution in [0.3, 0.4) is 0 Å². The first-order valence-corrected chi connectivity index (χ1v) is 11.7. The Bertz CT molecular complexity index is 925. The van der Waals surface area contributed by atoms with E-state index in [2.05, 4.69) is 20.7 Å². The molecule has 1 saturated heterocycles. The molecule has 1 aromatic carbocycles. The quantitative estimate of drug-likeness (QED) is 0.318. The number of rotatable bonds is 6. The van der Waals surface area contributed by atoms with Crippen LogP contribution in [0.15, 0.2) is 41.5 Å². The van der Waals surface area contributed by atoms with Gasteiger partial charge in [0.2, 0.25) is 5.91 Å². The number of nitrogens with one attached hydrogen (secondary N) is 2. The summed E-state index contributed by atoms with van der Waals surface area (Å²) in [7, 11) is 1.76. The van der Waals surface area contributed by atoms with Crippen LogP contribution in [0.1, 0.15) is 44.2 Å². The third-order valence-corrected chi connectivity index (χ3v) is 6.43. The van der Waals surface area contributed by atoms with Gasteiger partial charge in [-0.2, -0.15) is 5.10 Å². The Morgan fingerprint density at radius 3 is 2.64 bits per heavy atom. The molecule has 1 aromatic heterocycles. The van der Waals surface area contributed by atoms with Gasteiger partial charge in [0.25, 0.3) is 0 Å². The molecular formula is C24H34FIN6O. The summed E-state index contributed by atoms with van der Waals surface area (Å²) in [6.07, 6.45) is 9.30. The normalized spacial score (nSPS) is 19.3. The molecule has 2 aliphatic rings. The SMILES string of the molecule is CN=C(NCCc1ccn(-c2ccc(F)cc2)n1)NC1CCN(C(=O)C2CCCCC2)C1.I. The van der Waals surface area contributed by atoms with Crippen LogP contribution in [-0.4, -0.2) is 59.3 Å². The number of aliphatic imine (C=N–C) groups is 1. The fourth-order valence-electron chi connectivity index (χ4n) is 4.62. The monoisotopic (exact) mass is 568 g/mol. The van der Waals surface area contributed by atoms with Crippen LogP contribution >= 0.6 is 24.0 Å². The first kappa shape index (κ1) is 25.5. The molecule has 0 radical (unpaired) electrons. The topological polar surface area (TPSA) is 74.6 Å². The van der Waals surface area contributed by atoms with Crippen molar-refractivity contribution >= 4 is 35.8 Å². The largest absolute Gasteiger partial charge is 0.356 e. The van der Waals surface area contributed by atoms with E-state index in [1.165, 1.54) is 31.4 Å². The Morgan fingerprint density at radius 1 is 1.15 bits per heavy atom. The Labute approximate surface area is 212 Å². The van der Waals surface area contributed by atoms with Crippen molar-refractivity contribution in [3.05, 3.63) is 48.0 Å². The number of guanidine groups is 1. The van der Waals surface area contributed by atoms with Crippen molar-refractivity contribution in [2.45, 2.75) is 51.0 Å². The zero-order chi connectivity index (χ0) is 22.3. The lowest BCUT2D eigenvalue weighted by Crippen LogP contribution is -2.46. The number of benzene rings is 1. The van der Waals surface area contributed by atoms with Gasteiger partial charge in [0.1, 0.15) is 5.82 Å². The molecule has 33 heavy (non-hydrogen) atoms. The zero-order valence-corrected chi connectivity index (χ0v) is 21.5. The predicted molar refractivity (Wildman–Crippen MR) is 139 cm³/mol. The van der Waals surface area contributed by atoms with Gasteiger partial charge >= 0.3 is 0 Å². The van der Waals surface area contributed by atoms with Crippen LogP contribution in [0.4, 0.5) is 4.39 Å². The van der Waals surface area contributed by atoms with Crippen molar-refractivity contribution in [3.8, 4) is 5.69 Å². The lowest BCUT2D eigenvalue weighted by atomic mass is 9.88. The molecule has 0 bridgehead atoms. The Hall–Kier alpha value is -2.17. The average molecular weight is 568 g/mol. The van der Waals surface area contributed by atoms with Gasteiger partial charge < -0.3 is 15.5 Å². The van der Waals surface area contributed by atoms with Crippen LogP contribution in [-0.2, 0) is 11.2 Å². The highest BCUT2D eigenvalue weighted by Gasteiger charge is 2.31. The van der Waals surface area contributed by atoms with Gasteiger partial charge in [0.15, 0.2) is 5.96 Å². The second-order valence-electron chi connectivity index (χ2n) is 8.73. The highest BCUT2D eigenvalue weighted by Crippen LogP contribution is 2.26. The van der Waals surface area contributed by atoms with Gasteiger partial charge in [0.05, 0.1) is 11.4 Å². The molecule has 1 aliphatic heterocycles. The number of halogens is 2. The van der Waals surface area contributed by atoms with E-state index >= 15 is 0 Å². The van der Waals surface area contributed by atoms with Gasteiger partial charge in [-0.3, -0.25) is 9.79 Å². The number of hydrogen-bond donors (Lipinski definition) is 2. The predicted octanol–water partition coefficient (Wildman–Crippen LogP) is 3.52. The summed E-state index contributed by atoms with van der Waals surface area (Å²) in [4.78, 5) is 19.1. The van der Waals surface area contributed by atoms with E-state index in [9.17, 15) is 9.18 Å². The van der Waals surface area contributed by atoms with Gasteiger partial charge in [-0.05, 0) is 49.6 Å². The number of hydrogen-bond acceptors (Lipinski definition) is 3. The summed E-state index contributed by atoms with van der Waals surface area (Å²) in [5, 5.41) is 11.4. The van der Waals surface area contributed by atoms with E-state index in [1.807, 2.05) is 17.2 Å². The van der Waals surface area contributed by atoms with Crippen LogP contribution in [0, 0.1) is 11.7 Å². The van der Waals surface area contributed by atoms with Crippen LogP contribution in [0.5, 0.6) is 0 Å². The van der Waals surface area contributed by atoms with Crippen LogP contribution < -0.4 is 10.6 Å². The van der Waals surface area contributed by atoms with Crippen LogP contribution in [0.2, 0.25) is 0 Å². The molecule has 1 saturated carbocycles. The second kappa shape index (κ2) is 12.3. The standard InChI is InChI=1S/C24H33FN6O.HI/c1-26-24(28-21-12-15-30(17-21)23(32)18-5-3-2-4-6-18)27-14-11-20-13-16-31(29-20)22-9-7-19(25)8-10-22;/h7-10,13,16,18,21H,2-6,11-12,14-15,17H2,1H3,(H2,26,27,28);1H. The van der Waals surface area contributed by atoms with Crippen molar-refractivity contribution in [2.24, 2.45) is 10.9 Å². The lowest BCUT2D eigenvalue weighted by Gasteiger charge is -2.26. The molecule has 2 fully saturated rings. The molecule has 1 aliphatic carbocycles. The fraction of sp³-hybridized carbons (Fsp3) is 0.542. The van der Waals surface area contributed by atoms with Gasteiger partial charge in [0, 0.05) is 51.3 Å². The zero-order valence-electron chi connectivity index (χ0n) is 19.2. The minimum atomic E-state index is -0.257. The molecule has 0 spiro atoms. The third-order valence-electron chi connectivity index (χ3n) is 6.43. The number of amides is 1. The number of carbonyl (C=O) groups excluding carboxylic acids is 1. The number of carbonyl (C=O) groups is 1. The Balaban J connectivity index is 0.00000306. The molecule has 1 atom stereocenters. The van der Waals surface area contributed by atoms with Gasteiger partial charge in [-0.15, -0.1) is 24.0 Å². The first-order valence-electron chi connectivity index (χ1n) is 11.7. The second-order valence-corrected chi connectivity index (χ2v) is 8.73. The van der Waals surface area contributed by atoms with Crippen molar-refractivity contribution in [1.29, 1.82) is 0 Å². The highest BCUT2D eigenvalue weighted by molar-refractivity contribution is 14.0. The average Bonchev–Trinajstić information content (AvgIpc) is 3.49. The fourth-order valence-corrected chi connectivity index (χ4v) is 4.62. The number of likely N-dealkylation sites (tertiary alicyclic amines) is 1. The molecule has 180 valence electrons. The Morgan fingerprint density at radius 2 is 1.91 bits per heavy atom. The van der Waals surface area contributed by atoms with Crippen molar-refractivity contribution in [2.75, 3.05) is 26.7 Å². The van der Waals surface area contributed by atoms with Crippen molar-refractivity contribution in [1.82, 2.24) is 25.3 Å². The molecule has 2 aromatic rings. The molecule has 4 rings (SSSR count). The summed E-state index contributed by atoms with van der Waals surface area (Å²) in [5.74, 6) is 1.07. The van der Waals surface area contributed by atoms with E-state index < -0.39 is 0 Å². The number of nitrogens with zero attached hydrogens (tertiary/aromatic N) is 4. The lowest BCUT2D eigenvalue weighted by molar-refractivity contribution is -0.135. The molecule has 9 heteroatoms. The van der Waals surface area contributed by atoms with Crippen molar-refractivity contribution in [3.63, 3.8) is 0 Å². The van der Waals surface area contributed by atoms with E-state index in [1.54, 1.807) is 23.9 Å². The maximum atomic E-state index is 13.1. The molecular weight excluding hydrogens is 534 g/mol. The summed E-state index contributed by atoms with van der Waals surface area (Å²) in [5.41, 5.74) is 1.78. The maximum absolute atomic E-state index is 13.1. The van der Waals surface area contributed by atoms with E-state index in [0.29, 0.717) is 12.5 Å². The summed E-state index contributed by atoms with van der Waals surface area (Å²) >= 11 is 0. The molecule has 1 unspecified atom stereocenters. The first-order chi connectivity index (χ1) is 15.6. The molecule has 2 N–H and O–H groups in total. The number of aromatic nitrogens is 2. The van der Waals surface area contributed by atoms with Gasteiger partial charge in [-0.1, -0.05) is 19.3 Å². The molecule has 2 heterocycles. The summed E-state index contributed by atoms with van der Waals surface area (Å²) in [6.45, 7) is 2.26. The van der Waals surface area contributed by atoms with Crippen LogP contribution in [0.25, 0.3) is 5.69 Å². The summed E-state index contributed by atoms with van der Waals surface area (Å²) in [6, 6.07) is 8.47.